The molecule has 0 unspecified atom stereocenters. The van der Waals surface area contributed by atoms with Crippen molar-refractivity contribution in [1.82, 2.24) is 0 Å². The number of Topliss-reactive ketones (excluding diaryl/α,β-unsaturated/α-hetero) is 1. The SMILES string of the molecule is COc1ccc(Cl)cc1CC(=O)Cc1ccc(C)cc1. The molecule has 0 saturated heterocycles. The number of ketones is 1. The second kappa shape index (κ2) is 6.58. The van der Waals surface area contributed by atoms with Gasteiger partial charge in [0.25, 0.3) is 0 Å². The first kappa shape index (κ1) is 14.6. The van der Waals surface area contributed by atoms with E-state index in [0.29, 0.717) is 23.6 Å². The molecule has 0 amide bonds. The number of benzene rings is 2. The molecule has 0 aliphatic carbocycles. The highest BCUT2D eigenvalue weighted by molar-refractivity contribution is 6.30. The van der Waals surface area contributed by atoms with E-state index in [4.69, 9.17) is 16.3 Å². The van der Waals surface area contributed by atoms with E-state index in [0.717, 1.165) is 11.1 Å². The topological polar surface area (TPSA) is 26.3 Å². The lowest BCUT2D eigenvalue weighted by Crippen LogP contribution is -2.07. The zero-order chi connectivity index (χ0) is 14.5. The van der Waals surface area contributed by atoms with Gasteiger partial charge in [0.05, 0.1) is 7.11 Å². The summed E-state index contributed by atoms with van der Waals surface area (Å²) >= 11 is 5.97. The Morgan fingerprint density at radius 2 is 1.80 bits per heavy atom. The summed E-state index contributed by atoms with van der Waals surface area (Å²) in [5, 5.41) is 0.615. The van der Waals surface area contributed by atoms with Crippen molar-refractivity contribution in [3.63, 3.8) is 0 Å². The van der Waals surface area contributed by atoms with Gasteiger partial charge in [0.15, 0.2) is 0 Å². The van der Waals surface area contributed by atoms with Crippen LogP contribution >= 0.6 is 11.6 Å². The quantitative estimate of drug-likeness (QED) is 0.831. The maximum Gasteiger partial charge on any atom is 0.141 e. The van der Waals surface area contributed by atoms with Gasteiger partial charge in [0.2, 0.25) is 0 Å². The lowest BCUT2D eigenvalue weighted by Gasteiger charge is -2.08. The van der Waals surface area contributed by atoms with Crippen molar-refractivity contribution in [3.05, 3.63) is 64.2 Å². The molecule has 0 N–H and O–H groups in total. The summed E-state index contributed by atoms with van der Waals surface area (Å²) < 4.78 is 5.26. The van der Waals surface area contributed by atoms with Crippen molar-refractivity contribution in [2.75, 3.05) is 7.11 Å². The molecule has 0 bridgehead atoms. The second-order valence-corrected chi connectivity index (χ2v) is 5.27. The summed E-state index contributed by atoms with van der Waals surface area (Å²) in [7, 11) is 1.59. The fourth-order valence-electron chi connectivity index (χ4n) is 2.09. The van der Waals surface area contributed by atoms with Crippen molar-refractivity contribution in [2.24, 2.45) is 0 Å². The highest BCUT2D eigenvalue weighted by Crippen LogP contribution is 2.23. The summed E-state index contributed by atoms with van der Waals surface area (Å²) in [6.45, 7) is 2.03. The van der Waals surface area contributed by atoms with Gasteiger partial charge in [0.1, 0.15) is 11.5 Å². The first-order chi connectivity index (χ1) is 9.58. The van der Waals surface area contributed by atoms with Gasteiger partial charge in [-0.2, -0.15) is 0 Å². The third kappa shape index (κ3) is 3.84. The lowest BCUT2D eigenvalue weighted by molar-refractivity contribution is -0.117. The number of carbonyl (C=O) groups is 1. The van der Waals surface area contributed by atoms with Crippen LogP contribution in [0.4, 0.5) is 0 Å². The number of ether oxygens (including phenoxy) is 1. The summed E-state index contributed by atoms with van der Waals surface area (Å²) in [4.78, 5) is 12.1. The standard InChI is InChI=1S/C17H17ClO2/c1-12-3-5-13(6-4-12)9-16(19)11-14-10-15(18)7-8-17(14)20-2/h3-8,10H,9,11H2,1-2H3. The molecule has 0 fully saturated rings. The zero-order valence-electron chi connectivity index (χ0n) is 11.7. The second-order valence-electron chi connectivity index (χ2n) is 4.83. The van der Waals surface area contributed by atoms with Crippen molar-refractivity contribution < 1.29 is 9.53 Å². The molecule has 2 rings (SSSR count). The van der Waals surface area contributed by atoms with Gasteiger partial charge in [-0.3, -0.25) is 4.79 Å². The Balaban J connectivity index is 2.08. The molecular weight excluding hydrogens is 272 g/mol. The maximum absolute atomic E-state index is 12.1. The normalized spacial score (nSPS) is 10.3. The van der Waals surface area contributed by atoms with Crippen LogP contribution in [0.2, 0.25) is 5.02 Å². The molecule has 2 aromatic rings. The fraction of sp³-hybridized carbons (Fsp3) is 0.235. The Kier molecular flexibility index (Phi) is 4.80. The molecule has 3 heteroatoms. The van der Waals surface area contributed by atoms with Crippen LogP contribution in [-0.4, -0.2) is 12.9 Å². The monoisotopic (exact) mass is 288 g/mol. The van der Waals surface area contributed by atoms with Crippen LogP contribution in [0.25, 0.3) is 0 Å². The molecule has 0 saturated carbocycles. The summed E-state index contributed by atoms with van der Waals surface area (Å²) in [6.07, 6.45) is 0.757. The van der Waals surface area contributed by atoms with E-state index >= 15 is 0 Å². The highest BCUT2D eigenvalue weighted by Gasteiger charge is 2.10. The van der Waals surface area contributed by atoms with E-state index in [1.165, 1.54) is 5.56 Å². The zero-order valence-corrected chi connectivity index (χ0v) is 12.4. The Morgan fingerprint density at radius 3 is 2.45 bits per heavy atom. The van der Waals surface area contributed by atoms with Gasteiger partial charge in [-0.25, -0.2) is 0 Å². The molecule has 0 spiro atoms. The number of hydrogen-bond donors (Lipinski definition) is 0. The number of carbonyl (C=O) groups excluding carboxylic acids is 1. The molecule has 0 aliphatic heterocycles. The van der Waals surface area contributed by atoms with Crippen LogP contribution in [0, 0.1) is 6.92 Å². The van der Waals surface area contributed by atoms with Gasteiger partial charge in [-0.05, 0) is 30.7 Å². The lowest BCUT2D eigenvalue weighted by atomic mass is 10.0. The summed E-state index contributed by atoms with van der Waals surface area (Å²) in [5.74, 6) is 0.848. The molecule has 0 atom stereocenters. The molecule has 20 heavy (non-hydrogen) atoms. The highest BCUT2D eigenvalue weighted by atomic mass is 35.5. The third-order valence-corrected chi connectivity index (χ3v) is 3.39. The van der Waals surface area contributed by atoms with E-state index in [1.807, 2.05) is 31.2 Å². The van der Waals surface area contributed by atoms with Gasteiger partial charge in [-0.1, -0.05) is 41.4 Å². The maximum atomic E-state index is 12.1. The minimum Gasteiger partial charge on any atom is -0.496 e. The molecular formula is C17H17ClO2. The van der Waals surface area contributed by atoms with Crippen LogP contribution in [0.1, 0.15) is 16.7 Å². The van der Waals surface area contributed by atoms with Crippen molar-refractivity contribution in [1.29, 1.82) is 0 Å². The van der Waals surface area contributed by atoms with Crippen molar-refractivity contribution in [3.8, 4) is 5.75 Å². The molecule has 2 aromatic carbocycles. The fourth-order valence-corrected chi connectivity index (χ4v) is 2.29. The van der Waals surface area contributed by atoms with E-state index in [1.54, 1.807) is 25.3 Å². The molecule has 0 aliphatic rings. The molecule has 2 nitrogen and oxygen atoms in total. The number of methoxy groups -OCH3 is 1. The molecule has 104 valence electrons. The van der Waals surface area contributed by atoms with Gasteiger partial charge in [-0.15, -0.1) is 0 Å². The van der Waals surface area contributed by atoms with Gasteiger partial charge in [0, 0.05) is 23.4 Å². The van der Waals surface area contributed by atoms with Crippen LogP contribution in [0.15, 0.2) is 42.5 Å². The Bertz CT molecular complexity index is 603. The van der Waals surface area contributed by atoms with E-state index in [9.17, 15) is 4.79 Å². The average Bonchev–Trinajstić information content (AvgIpc) is 2.41. The van der Waals surface area contributed by atoms with E-state index in [-0.39, 0.29) is 5.78 Å². The predicted octanol–water partition coefficient (Wildman–Crippen LogP) is 4.01. The van der Waals surface area contributed by atoms with E-state index in [2.05, 4.69) is 0 Å². The number of aryl methyl sites for hydroxylation is 1. The van der Waals surface area contributed by atoms with Crippen molar-refractivity contribution >= 4 is 17.4 Å². The van der Waals surface area contributed by atoms with Crippen molar-refractivity contribution in [2.45, 2.75) is 19.8 Å². The average molecular weight is 289 g/mol. The van der Waals surface area contributed by atoms with E-state index < -0.39 is 0 Å². The number of hydrogen-bond acceptors (Lipinski definition) is 2. The Morgan fingerprint density at radius 1 is 1.10 bits per heavy atom. The first-order valence-electron chi connectivity index (χ1n) is 6.48. The van der Waals surface area contributed by atoms with Crippen LogP contribution < -0.4 is 4.74 Å². The van der Waals surface area contributed by atoms with Gasteiger partial charge >= 0.3 is 0 Å². The summed E-state index contributed by atoms with van der Waals surface area (Å²) in [5.41, 5.74) is 3.05. The minimum atomic E-state index is 0.148. The number of halogens is 1. The minimum absolute atomic E-state index is 0.148. The molecule has 0 radical (unpaired) electrons. The van der Waals surface area contributed by atoms with Crippen LogP contribution in [-0.2, 0) is 17.6 Å². The number of rotatable bonds is 5. The molecule has 0 heterocycles. The third-order valence-electron chi connectivity index (χ3n) is 3.15. The smallest absolute Gasteiger partial charge is 0.141 e. The Labute approximate surface area is 124 Å². The largest absolute Gasteiger partial charge is 0.496 e. The van der Waals surface area contributed by atoms with Gasteiger partial charge < -0.3 is 4.74 Å². The summed E-state index contributed by atoms with van der Waals surface area (Å²) in [6, 6.07) is 13.3. The first-order valence-corrected chi connectivity index (χ1v) is 6.86. The van der Waals surface area contributed by atoms with Crippen LogP contribution in [0.5, 0.6) is 5.75 Å². The molecule has 0 aromatic heterocycles. The predicted molar refractivity (Wildman–Crippen MR) is 81.6 cm³/mol. The Hall–Kier alpha value is -1.80. The van der Waals surface area contributed by atoms with Crippen LogP contribution in [0.3, 0.4) is 0 Å².